The molecule has 1 unspecified atom stereocenters. The van der Waals surface area contributed by atoms with Crippen LogP contribution in [0.15, 0.2) is 54.6 Å². The molecule has 5 amide bonds. The molecule has 61 heavy (non-hydrogen) atoms. The number of benzene rings is 3. The molecule has 3 aromatic carbocycles. The van der Waals surface area contributed by atoms with E-state index in [-0.39, 0.29) is 35.1 Å². The zero-order valence-corrected chi connectivity index (χ0v) is 35.5. The zero-order valence-electron chi connectivity index (χ0n) is 34.7. The molecule has 3 fully saturated rings. The molecule has 4 heterocycles. The van der Waals surface area contributed by atoms with Crippen molar-refractivity contribution in [3.8, 4) is 0 Å². The molecule has 1 atom stereocenters. The van der Waals surface area contributed by atoms with E-state index in [9.17, 15) is 37.9 Å². The van der Waals surface area contributed by atoms with Crippen LogP contribution in [-0.2, 0) is 21.1 Å². The monoisotopic (exact) mass is 854 g/mol. The zero-order chi connectivity index (χ0) is 43.2. The van der Waals surface area contributed by atoms with Crippen molar-refractivity contribution in [3.63, 3.8) is 0 Å². The highest BCUT2D eigenvalue weighted by molar-refractivity contribution is 7.18. The summed E-state index contributed by atoms with van der Waals surface area (Å²) in [7, 11) is 0. The summed E-state index contributed by atoms with van der Waals surface area (Å²) in [5.41, 5.74) is 1.40. The van der Waals surface area contributed by atoms with E-state index in [1.165, 1.54) is 24.3 Å². The molecule has 322 valence electrons. The number of carbonyl (C=O) groups is 5. The van der Waals surface area contributed by atoms with Crippen LogP contribution in [-0.4, -0.2) is 81.6 Å². The van der Waals surface area contributed by atoms with Crippen LogP contribution >= 0.6 is 11.3 Å². The van der Waals surface area contributed by atoms with Crippen LogP contribution in [0.2, 0.25) is 0 Å². The molecule has 1 aliphatic carbocycles. The van der Waals surface area contributed by atoms with Crippen LogP contribution in [0.25, 0.3) is 10.2 Å². The maximum absolute atomic E-state index is 14.0. The number of rotatable bonds is 12. The maximum atomic E-state index is 14.0. The van der Waals surface area contributed by atoms with E-state index in [2.05, 4.69) is 20.9 Å². The SMILES string of the molecule is CC(C)(O)c1cc2nc(C3CCC(CN4CCC(CCNc5cccc6c5C(=O)N(C5CCC(=O)NC5=O)C6=O)CC4)CC3)sc2cc1NC(=O)c1cccc(C(C)(F)F)c1. The summed E-state index contributed by atoms with van der Waals surface area (Å²) in [6, 6.07) is 13.2. The molecule has 8 rings (SSSR count). The largest absolute Gasteiger partial charge is 0.386 e. The van der Waals surface area contributed by atoms with Gasteiger partial charge in [-0.25, -0.2) is 13.8 Å². The van der Waals surface area contributed by atoms with Gasteiger partial charge in [0.15, 0.2) is 0 Å². The lowest BCUT2D eigenvalue weighted by atomic mass is 9.81. The molecule has 0 bridgehead atoms. The number of hydrogen-bond acceptors (Lipinski definition) is 10. The highest BCUT2D eigenvalue weighted by atomic mass is 32.1. The summed E-state index contributed by atoms with van der Waals surface area (Å²) in [4.78, 5) is 72.6. The van der Waals surface area contributed by atoms with Gasteiger partial charge in [-0.05, 0) is 127 Å². The van der Waals surface area contributed by atoms with Crippen molar-refractivity contribution in [2.24, 2.45) is 11.8 Å². The van der Waals surface area contributed by atoms with E-state index in [4.69, 9.17) is 4.98 Å². The first-order chi connectivity index (χ1) is 29.0. The molecule has 4 aliphatic rings. The average molecular weight is 855 g/mol. The maximum Gasteiger partial charge on any atom is 0.270 e. The summed E-state index contributed by atoms with van der Waals surface area (Å²) in [5, 5.41) is 20.6. The standard InChI is InChI=1S/C46H52F2N6O6S/c1-45(2,60)32-23-35-37(24-34(32)50-40(56)29-6-4-7-30(22-29)46(3,47)48)61-42(51-35)28-12-10-27(11-13-28)25-53-20-17-26(18-21-53)16-19-49-33-9-5-8-31-39(33)44(59)54(43(31)58)36-14-15-38(55)52-41(36)57/h4-9,22-24,26-28,36,49,60H,10-21,25H2,1-3H3,(H,50,56)(H,52,55,57). The minimum Gasteiger partial charge on any atom is -0.386 e. The lowest BCUT2D eigenvalue weighted by Gasteiger charge is -2.36. The van der Waals surface area contributed by atoms with E-state index in [0.29, 0.717) is 41.2 Å². The minimum atomic E-state index is -3.08. The van der Waals surface area contributed by atoms with E-state index >= 15 is 0 Å². The van der Waals surface area contributed by atoms with Crippen molar-refractivity contribution in [2.75, 3.05) is 36.8 Å². The molecule has 4 N–H and O–H groups in total. The summed E-state index contributed by atoms with van der Waals surface area (Å²) in [6.45, 7) is 7.89. The highest BCUT2D eigenvalue weighted by Crippen LogP contribution is 2.42. The fraction of sp³-hybridized carbons (Fsp3) is 0.478. The number of nitrogens with zero attached hydrogens (tertiary/aromatic N) is 3. The Morgan fingerprint density at radius 1 is 0.902 bits per heavy atom. The van der Waals surface area contributed by atoms with Crippen LogP contribution < -0.4 is 16.0 Å². The van der Waals surface area contributed by atoms with E-state index in [0.717, 1.165) is 91.6 Å². The topological polar surface area (TPSA) is 161 Å². The fourth-order valence-corrected chi connectivity index (χ4v) is 10.5. The number of amides is 5. The van der Waals surface area contributed by atoms with Gasteiger partial charge < -0.3 is 20.6 Å². The Morgan fingerprint density at radius 3 is 2.34 bits per heavy atom. The number of aliphatic hydroxyl groups is 1. The van der Waals surface area contributed by atoms with Crippen LogP contribution in [0.1, 0.15) is 132 Å². The smallest absolute Gasteiger partial charge is 0.270 e. The number of piperidine rings is 2. The van der Waals surface area contributed by atoms with Crippen molar-refractivity contribution in [1.29, 1.82) is 0 Å². The summed E-state index contributed by atoms with van der Waals surface area (Å²) in [6.07, 6.45) is 7.61. The Morgan fingerprint density at radius 2 is 1.64 bits per heavy atom. The number of hydrogen-bond donors (Lipinski definition) is 4. The average Bonchev–Trinajstić information content (AvgIpc) is 3.75. The number of anilines is 2. The van der Waals surface area contributed by atoms with Gasteiger partial charge in [0.2, 0.25) is 11.8 Å². The molecule has 1 saturated carbocycles. The first-order valence-electron chi connectivity index (χ1n) is 21.3. The quantitative estimate of drug-likeness (QED) is 0.104. The lowest BCUT2D eigenvalue weighted by molar-refractivity contribution is -0.136. The summed E-state index contributed by atoms with van der Waals surface area (Å²) < 4.78 is 28.9. The molecular formula is C46H52F2N6O6S. The first-order valence-corrected chi connectivity index (χ1v) is 22.1. The van der Waals surface area contributed by atoms with Crippen LogP contribution in [0, 0.1) is 11.8 Å². The number of nitrogens with one attached hydrogen (secondary N) is 3. The van der Waals surface area contributed by atoms with E-state index in [1.54, 1.807) is 43.4 Å². The van der Waals surface area contributed by atoms with E-state index in [1.807, 2.05) is 12.1 Å². The third-order valence-electron chi connectivity index (χ3n) is 12.8. The van der Waals surface area contributed by atoms with E-state index < -0.39 is 47.1 Å². The number of likely N-dealkylation sites (tertiary alicyclic amines) is 1. The van der Waals surface area contributed by atoms with Gasteiger partial charge in [-0.1, -0.05) is 18.2 Å². The van der Waals surface area contributed by atoms with Crippen molar-refractivity contribution in [2.45, 2.75) is 102 Å². The number of fused-ring (bicyclic) bond motifs is 2. The third-order valence-corrected chi connectivity index (χ3v) is 14.0. The second kappa shape index (κ2) is 17.0. The number of aromatic nitrogens is 1. The summed E-state index contributed by atoms with van der Waals surface area (Å²) in [5.74, 6) is -4.18. The Balaban J connectivity index is 0.811. The Hall–Kier alpha value is -5.12. The highest BCUT2D eigenvalue weighted by Gasteiger charge is 2.45. The molecule has 0 spiro atoms. The Labute approximate surface area is 357 Å². The molecule has 4 aromatic rings. The number of halogens is 2. The summed E-state index contributed by atoms with van der Waals surface area (Å²) >= 11 is 1.60. The van der Waals surface area contributed by atoms with Crippen LogP contribution in [0.5, 0.6) is 0 Å². The molecule has 15 heteroatoms. The van der Waals surface area contributed by atoms with Crippen LogP contribution in [0.3, 0.4) is 0 Å². The van der Waals surface area contributed by atoms with Crippen molar-refractivity contribution < 1.29 is 37.9 Å². The predicted octanol–water partition coefficient (Wildman–Crippen LogP) is 7.78. The molecule has 0 radical (unpaired) electrons. The van der Waals surface area contributed by atoms with Gasteiger partial charge in [-0.2, -0.15) is 0 Å². The molecule has 12 nitrogen and oxygen atoms in total. The molecule has 3 aliphatic heterocycles. The number of imide groups is 2. The van der Waals surface area contributed by atoms with Gasteiger partial charge in [0.05, 0.1) is 32.0 Å². The van der Waals surface area contributed by atoms with Crippen molar-refractivity contribution in [1.82, 2.24) is 20.1 Å². The van der Waals surface area contributed by atoms with Crippen molar-refractivity contribution in [3.05, 3.63) is 87.4 Å². The van der Waals surface area contributed by atoms with Gasteiger partial charge in [0.25, 0.3) is 23.6 Å². The minimum absolute atomic E-state index is 0.0784. The Kier molecular flexibility index (Phi) is 11.8. The first kappa shape index (κ1) is 42.6. The predicted molar refractivity (Wildman–Crippen MR) is 229 cm³/mol. The normalized spacial score (nSPS) is 21.8. The van der Waals surface area contributed by atoms with Gasteiger partial charge in [0, 0.05) is 60.4 Å². The lowest BCUT2D eigenvalue weighted by Crippen LogP contribution is -2.54. The third kappa shape index (κ3) is 9.10. The van der Waals surface area contributed by atoms with Gasteiger partial charge >= 0.3 is 0 Å². The van der Waals surface area contributed by atoms with Crippen molar-refractivity contribution >= 4 is 62.5 Å². The van der Waals surface area contributed by atoms with Crippen LogP contribution in [0.4, 0.5) is 20.2 Å². The molecule has 2 saturated heterocycles. The second-order valence-corrected chi connectivity index (χ2v) is 18.8. The molecular weight excluding hydrogens is 803 g/mol. The number of thiazole rings is 1. The number of alkyl halides is 2. The molecule has 1 aromatic heterocycles. The van der Waals surface area contributed by atoms with Gasteiger partial charge in [-0.15, -0.1) is 11.3 Å². The van der Waals surface area contributed by atoms with Gasteiger partial charge in [0.1, 0.15) is 6.04 Å². The fourth-order valence-electron chi connectivity index (χ4n) is 9.39. The number of carbonyl (C=O) groups excluding carboxylic acids is 5. The van der Waals surface area contributed by atoms with Gasteiger partial charge in [-0.3, -0.25) is 34.2 Å². The Bertz CT molecular complexity index is 2370. The second-order valence-electron chi connectivity index (χ2n) is 17.8.